The van der Waals surface area contributed by atoms with Crippen molar-refractivity contribution in [3.8, 4) is 0 Å². The highest BCUT2D eigenvalue weighted by molar-refractivity contribution is 7.92. The van der Waals surface area contributed by atoms with Gasteiger partial charge in [-0.05, 0) is 36.8 Å². The molecular formula is C15H15NO2S. The highest BCUT2D eigenvalue weighted by atomic mass is 32.2. The quantitative estimate of drug-likeness (QED) is 0.927. The Hall–Kier alpha value is -2.07. The molecular weight excluding hydrogens is 258 g/mol. The number of hydrogen-bond acceptors (Lipinski definition) is 2. The molecule has 1 N–H and O–H groups in total. The first-order valence-electron chi connectivity index (χ1n) is 5.83. The van der Waals surface area contributed by atoms with Gasteiger partial charge in [0.25, 0.3) is 10.0 Å². The third-order valence-corrected chi connectivity index (χ3v) is 4.13. The van der Waals surface area contributed by atoms with Crippen LogP contribution in [0.3, 0.4) is 0 Å². The van der Waals surface area contributed by atoms with Crippen LogP contribution < -0.4 is 4.72 Å². The van der Waals surface area contributed by atoms with Crippen LogP contribution in [0.1, 0.15) is 11.1 Å². The molecule has 0 bridgehead atoms. The van der Waals surface area contributed by atoms with Gasteiger partial charge in [0.1, 0.15) is 0 Å². The Kier molecular flexibility index (Phi) is 3.71. The molecule has 0 unspecified atom stereocenters. The largest absolute Gasteiger partial charge is 0.280 e. The van der Waals surface area contributed by atoms with Gasteiger partial charge in [-0.2, -0.15) is 0 Å². The summed E-state index contributed by atoms with van der Waals surface area (Å²) in [6, 6.07) is 13.8. The first-order valence-corrected chi connectivity index (χ1v) is 7.31. The molecule has 0 heterocycles. The third-order valence-electron chi connectivity index (χ3n) is 2.73. The SMILES string of the molecule is C=Cc1ccc(NS(=O)(=O)c2ccc(C)cc2)cc1. The van der Waals surface area contributed by atoms with Gasteiger partial charge < -0.3 is 0 Å². The minimum absolute atomic E-state index is 0.255. The molecule has 0 aliphatic carbocycles. The van der Waals surface area contributed by atoms with Gasteiger partial charge in [0.15, 0.2) is 0 Å². The fourth-order valence-corrected chi connectivity index (χ4v) is 2.68. The van der Waals surface area contributed by atoms with Crippen molar-refractivity contribution < 1.29 is 8.42 Å². The van der Waals surface area contributed by atoms with Crippen molar-refractivity contribution in [2.45, 2.75) is 11.8 Å². The maximum Gasteiger partial charge on any atom is 0.261 e. The van der Waals surface area contributed by atoms with Crippen LogP contribution in [0.5, 0.6) is 0 Å². The van der Waals surface area contributed by atoms with Crippen molar-refractivity contribution in [1.82, 2.24) is 0 Å². The molecule has 2 rings (SSSR count). The molecule has 0 amide bonds. The van der Waals surface area contributed by atoms with E-state index in [-0.39, 0.29) is 4.90 Å². The average molecular weight is 273 g/mol. The lowest BCUT2D eigenvalue weighted by Crippen LogP contribution is -2.12. The molecule has 0 atom stereocenters. The minimum atomic E-state index is -3.53. The zero-order chi connectivity index (χ0) is 13.9. The van der Waals surface area contributed by atoms with Gasteiger partial charge >= 0.3 is 0 Å². The van der Waals surface area contributed by atoms with Gasteiger partial charge in [-0.1, -0.05) is 42.5 Å². The van der Waals surface area contributed by atoms with Gasteiger partial charge in [-0.25, -0.2) is 8.42 Å². The molecule has 98 valence electrons. The Morgan fingerprint density at radius 3 is 2.11 bits per heavy atom. The fourth-order valence-electron chi connectivity index (χ4n) is 1.62. The van der Waals surface area contributed by atoms with Crippen LogP contribution >= 0.6 is 0 Å². The van der Waals surface area contributed by atoms with Gasteiger partial charge in [0.2, 0.25) is 0 Å². The van der Waals surface area contributed by atoms with Crippen LogP contribution in [0.2, 0.25) is 0 Å². The van der Waals surface area contributed by atoms with Crippen molar-refractivity contribution in [3.05, 3.63) is 66.2 Å². The molecule has 0 spiro atoms. The third kappa shape index (κ3) is 3.23. The standard InChI is InChI=1S/C15H15NO2S/c1-3-13-6-8-14(9-7-13)16-19(17,18)15-10-4-12(2)5-11-15/h3-11,16H,1H2,2H3. The van der Waals surface area contributed by atoms with Crippen molar-refractivity contribution in [2.75, 3.05) is 4.72 Å². The van der Waals surface area contributed by atoms with Gasteiger partial charge in [-0.15, -0.1) is 0 Å². The highest BCUT2D eigenvalue weighted by Crippen LogP contribution is 2.17. The summed E-state index contributed by atoms with van der Waals surface area (Å²) in [7, 11) is -3.53. The van der Waals surface area contributed by atoms with E-state index in [0.29, 0.717) is 5.69 Å². The van der Waals surface area contributed by atoms with Crippen molar-refractivity contribution in [2.24, 2.45) is 0 Å². The molecule has 19 heavy (non-hydrogen) atoms. The maximum absolute atomic E-state index is 12.1. The topological polar surface area (TPSA) is 46.2 Å². The first-order chi connectivity index (χ1) is 9.01. The lowest BCUT2D eigenvalue weighted by molar-refractivity contribution is 0.601. The summed E-state index contributed by atoms with van der Waals surface area (Å²) in [4.78, 5) is 0.255. The number of hydrogen-bond donors (Lipinski definition) is 1. The van der Waals surface area contributed by atoms with Crippen LogP contribution in [0, 0.1) is 6.92 Å². The highest BCUT2D eigenvalue weighted by Gasteiger charge is 2.13. The summed E-state index contributed by atoms with van der Waals surface area (Å²) in [5, 5.41) is 0. The summed E-state index contributed by atoms with van der Waals surface area (Å²) in [6.45, 7) is 5.57. The second kappa shape index (κ2) is 5.28. The Labute approximate surface area is 113 Å². The molecule has 2 aromatic rings. The monoisotopic (exact) mass is 273 g/mol. The summed E-state index contributed by atoms with van der Waals surface area (Å²) in [5.41, 5.74) is 2.50. The number of rotatable bonds is 4. The molecule has 0 saturated carbocycles. The summed E-state index contributed by atoms with van der Waals surface area (Å²) in [6.07, 6.45) is 1.71. The first kappa shape index (κ1) is 13.4. The van der Waals surface area contributed by atoms with Crippen LogP contribution in [-0.4, -0.2) is 8.42 Å². The summed E-state index contributed by atoms with van der Waals surface area (Å²) < 4.78 is 26.8. The molecule has 0 saturated heterocycles. The Bertz CT molecular complexity index is 671. The van der Waals surface area contributed by atoms with E-state index < -0.39 is 10.0 Å². The van der Waals surface area contributed by atoms with Crippen LogP contribution in [0.15, 0.2) is 60.0 Å². The van der Waals surface area contributed by atoms with E-state index in [9.17, 15) is 8.42 Å². The number of sulfonamides is 1. The Morgan fingerprint density at radius 1 is 1.00 bits per heavy atom. The van der Waals surface area contributed by atoms with E-state index >= 15 is 0 Å². The molecule has 4 heteroatoms. The van der Waals surface area contributed by atoms with Gasteiger partial charge in [0.05, 0.1) is 4.90 Å². The molecule has 2 aromatic carbocycles. The molecule has 0 radical (unpaired) electrons. The van der Waals surface area contributed by atoms with E-state index in [2.05, 4.69) is 11.3 Å². The fraction of sp³-hybridized carbons (Fsp3) is 0.0667. The van der Waals surface area contributed by atoms with Crippen molar-refractivity contribution >= 4 is 21.8 Å². The number of aryl methyl sites for hydroxylation is 1. The van der Waals surface area contributed by atoms with Crippen molar-refractivity contribution in [1.29, 1.82) is 0 Å². The van der Waals surface area contributed by atoms with Crippen LogP contribution in [0.4, 0.5) is 5.69 Å². The zero-order valence-electron chi connectivity index (χ0n) is 10.6. The lowest BCUT2D eigenvalue weighted by atomic mass is 10.2. The van der Waals surface area contributed by atoms with E-state index in [1.807, 2.05) is 6.92 Å². The van der Waals surface area contributed by atoms with Crippen LogP contribution in [0.25, 0.3) is 6.08 Å². The predicted molar refractivity (Wildman–Crippen MR) is 78.5 cm³/mol. The molecule has 0 aliphatic heterocycles. The molecule has 0 fully saturated rings. The normalized spacial score (nSPS) is 11.0. The Balaban J connectivity index is 2.25. The van der Waals surface area contributed by atoms with E-state index in [1.54, 1.807) is 54.6 Å². The molecule has 0 aliphatic rings. The van der Waals surface area contributed by atoms with Crippen molar-refractivity contribution in [3.63, 3.8) is 0 Å². The zero-order valence-corrected chi connectivity index (χ0v) is 11.4. The smallest absolute Gasteiger partial charge is 0.261 e. The summed E-state index contributed by atoms with van der Waals surface area (Å²) >= 11 is 0. The molecule has 0 aromatic heterocycles. The predicted octanol–water partition coefficient (Wildman–Crippen LogP) is 3.44. The number of nitrogens with one attached hydrogen (secondary N) is 1. The second-order valence-electron chi connectivity index (χ2n) is 4.24. The van der Waals surface area contributed by atoms with Crippen LogP contribution in [-0.2, 0) is 10.0 Å². The van der Waals surface area contributed by atoms with Gasteiger partial charge in [0, 0.05) is 5.69 Å². The second-order valence-corrected chi connectivity index (χ2v) is 5.93. The van der Waals surface area contributed by atoms with E-state index in [0.717, 1.165) is 11.1 Å². The van der Waals surface area contributed by atoms with E-state index in [1.165, 1.54) is 0 Å². The number of anilines is 1. The summed E-state index contributed by atoms with van der Waals surface area (Å²) in [5.74, 6) is 0. The Morgan fingerprint density at radius 2 is 1.58 bits per heavy atom. The minimum Gasteiger partial charge on any atom is -0.280 e. The number of benzene rings is 2. The lowest BCUT2D eigenvalue weighted by Gasteiger charge is -2.08. The van der Waals surface area contributed by atoms with Gasteiger partial charge in [-0.3, -0.25) is 4.72 Å². The van der Waals surface area contributed by atoms with E-state index in [4.69, 9.17) is 0 Å². The molecule has 3 nitrogen and oxygen atoms in total. The maximum atomic E-state index is 12.1. The average Bonchev–Trinajstić information content (AvgIpc) is 2.40.